The Labute approximate surface area is 313 Å². The Balaban J connectivity index is 1.19. The van der Waals surface area contributed by atoms with Crippen LogP contribution in [-0.2, 0) is 0 Å². The van der Waals surface area contributed by atoms with Crippen molar-refractivity contribution in [2.75, 3.05) is 4.90 Å². The number of anilines is 2. The van der Waals surface area contributed by atoms with E-state index in [1.807, 2.05) is 11.3 Å². The number of rotatable bonds is 5. The molecule has 6 aromatic carbocycles. The Morgan fingerprint density at radius 1 is 0.642 bits per heavy atom. The molecule has 3 aliphatic carbocycles. The van der Waals surface area contributed by atoms with Crippen LogP contribution in [0, 0.1) is 5.92 Å². The van der Waals surface area contributed by atoms with E-state index in [4.69, 9.17) is 4.42 Å². The molecule has 0 saturated heterocycles. The van der Waals surface area contributed by atoms with Crippen molar-refractivity contribution >= 4 is 66.9 Å². The van der Waals surface area contributed by atoms with Crippen LogP contribution >= 0.6 is 11.3 Å². The molecule has 53 heavy (non-hydrogen) atoms. The van der Waals surface area contributed by atoms with E-state index in [9.17, 15) is 0 Å². The molecule has 8 aromatic rings. The van der Waals surface area contributed by atoms with Gasteiger partial charge < -0.3 is 9.32 Å². The van der Waals surface area contributed by atoms with Gasteiger partial charge in [-0.05, 0) is 82.3 Å². The lowest BCUT2D eigenvalue weighted by molar-refractivity contribution is 0.669. The number of nitrogens with zero attached hydrogens (tertiary/aromatic N) is 1. The fourth-order valence-corrected chi connectivity index (χ4v) is 10.1. The van der Waals surface area contributed by atoms with Crippen molar-refractivity contribution in [3.63, 3.8) is 0 Å². The molecular formula is C50H35NOS. The number of furan rings is 1. The second kappa shape index (κ2) is 12.2. The minimum absolute atomic E-state index is 0.0986. The van der Waals surface area contributed by atoms with E-state index in [2.05, 4.69) is 187 Å². The van der Waals surface area contributed by atoms with Crippen molar-refractivity contribution in [2.45, 2.75) is 18.4 Å². The van der Waals surface area contributed by atoms with E-state index in [1.165, 1.54) is 42.9 Å². The Kier molecular flexibility index (Phi) is 7.03. The van der Waals surface area contributed by atoms with Crippen molar-refractivity contribution < 1.29 is 4.42 Å². The number of benzene rings is 6. The zero-order chi connectivity index (χ0) is 34.9. The lowest BCUT2D eigenvalue weighted by Crippen LogP contribution is -2.25. The van der Waals surface area contributed by atoms with Gasteiger partial charge in [0, 0.05) is 43.4 Å². The summed E-state index contributed by atoms with van der Waals surface area (Å²) in [7, 11) is 0. The average molecular weight is 698 g/mol. The van der Waals surface area contributed by atoms with Gasteiger partial charge in [-0.15, -0.1) is 11.3 Å². The Hall–Kier alpha value is -6.16. The molecular weight excluding hydrogens is 663 g/mol. The second-order valence-corrected chi connectivity index (χ2v) is 15.4. The lowest BCUT2D eigenvalue weighted by Gasteiger charge is -2.37. The molecule has 0 amide bonds. The van der Waals surface area contributed by atoms with Crippen LogP contribution in [0.5, 0.6) is 0 Å². The van der Waals surface area contributed by atoms with E-state index < -0.39 is 0 Å². The van der Waals surface area contributed by atoms with E-state index >= 15 is 0 Å². The van der Waals surface area contributed by atoms with Crippen molar-refractivity contribution in [3.05, 3.63) is 191 Å². The number of hydrogen-bond donors (Lipinski definition) is 0. The summed E-state index contributed by atoms with van der Waals surface area (Å²) in [5, 5.41) is 3.61. The molecule has 11 rings (SSSR count). The zero-order valence-electron chi connectivity index (χ0n) is 29.0. The number of thiophene rings is 1. The molecule has 3 aliphatic rings. The third-order valence-corrected chi connectivity index (χ3v) is 12.6. The molecule has 252 valence electrons. The van der Waals surface area contributed by atoms with Crippen molar-refractivity contribution in [2.24, 2.45) is 5.92 Å². The summed E-state index contributed by atoms with van der Waals surface area (Å²) in [5.41, 5.74) is 12.8. The summed E-state index contributed by atoms with van der Waals surface area (Å²) < 4.78 is 8.36. The molecule has 0 spiro atoms. The Morgan fingerprint density at radius 2 is 1.45 bits per heavy atom. The van der Waals surface area contributed by atoms with Gasteiger partial charge in [0.1, 0.15) is 11.2 Å². The highest BCUT2D eigenvalue weighted by Crippen LogP contribution is 2.52. The topological polar surface area (TPSA) is 16.4 Å². The fraction of sp³-hybridized carbons (Fsp3) is 0.0800. The molecule has 0 N–H and O–H groups in total. The summed E-state index contributed by atoms with van der Waals surface area (Å²) in [5.74, 6) is 0.691. The van der Waals surface area contributed by atoms with Crippen LogP contribution < -0.4 is 4.90 Å². The van der Waals surface area contributed by atoms with Gasteiger partial charge in [0.05, 0.1) is 17.1 Å². The van der Waals surface area contributed by atoms with Crippen LogP contribution in [0.3, 0.4) is 0 Å². The summed E-state index contributed by atoms with van der Waals surface area (Å²) >= 11 is 1.94. The number of hydrogen-bond acceptors (Lipinski definition) is 3. The van der Waals surface area contributed by atoms with Crippen LogP contribution in [0.15, 0.2) is 174 Å². The van der Waals surface area contributed by atoms with Gasteiger partial charge in [-0.2, -0.15) is 0 Å². The highest BCUT2D eigenvalue weighted by Gasteiger charge is 2.33. The third-order valence-electron chi connectivity index (χ3n) is 11.4. The zero-order valence-corrected chi connectivity index (χ0v) is 29.8. The normalized spacial score (nSPS) is 18.4. The van der Waals surface area contributed by atoms with Crippen LogP contribution in [0.1, 0.15) is 39.9 Å². The van der Waals surface area contributed by atoms with E-state index in [-0.39, 0.29) is 6.04 Å². The molecule has 2 heterocycles. The van der Waals surface area contributed by atoms with Crippen molar-refractivity contribution in [1.82, 2.24) is 0 Å². The summed E-state index contributed by atoms with van der Waals surface area (Å²) in [6.07, 6.45) is 19.4. The molecule has 2 nitrogen and oxygen atoms in total. The monoisotopic (exact) mass is 697 g/mol. The van der Waals surface area contributed by atoms with Crippen LogP contribution in [0.2, 0.25) is 0 Å². The fourth-order valence-electron chi connectivity index (χ4n) is 8.84. The minimum atomic E-state index is 0.0986. The third kappa shape index (κ3) is 4.92. The maximum Gasteiger partial charge on any atom is 0.145 e. The molecule has 0 fully saturated rings. The summed E-state index contributed by atoms with van der Waals surface area (Å²) in [6, 6.07) is 48.7. The smallest absolute Gasteiger partial charge is 0.145 e. The SMILES string of the molecule is C1=CC2C=Cc3ccc(N(c4ccc(-c5ccccc5)c5oc6cc(-c7ccccc7)ccc6c45)C4CC=Cc5c4sc4ccccc54)cc3C2C=C1. The molecule has 0 radical (unpaired) electrons. The van der Waals surface area contributed by atoms with Crippen LogP contribution in [0.4, 0.5) is 11.4 Å². The first-order valence-electron chi connectivity index (χ1n) is 18.5. The molecule has 3 unspecified atom stereocenters. The van der Waals surface area contributed by atoms with Gasteiger partial charge in [-0.3, -0.25) is 0 Å². The van der Waals surface area contributed by atoms with Crippen molar-refractivity contribution in [3.8, 4) is 22.3 Å². The minimum Gasteiger partial charge on any atom is -0.455 e. The molecule has 0 aliphatic heterocycles. The van der Waals surface area contributed by atoms with E-state index in [0.717, 1.165) is 50.7 Å². The van der Waals surface area contributed by atoms with Crippen LogP contribution in [-0.4, -0.2) is 0 Å². The predicted molar refractivity (Wildman–Crippen MR) is 225 cm³/mol. The van der Waals surface area contributed by atoms with Crippen molar-refractivity contribution in [1.29, 1.82) is 0 Å². The maximum absolute atomic E-state index is 7.03. The molecule has 0 bridgehead atoms. The van der Waals surface area contributed by atoms with E-state index in [0.29, 0.717) is 11.8 Å². The quantitative estimate of drug-likeness (QED) is 0.178. The highest BCUT2D eigenvalue weighted by atomic mass is 32.1. The predicted octanol–water partition coefficient (Wildman–Crippen LogP) is 14.3. The standard InChI is InChI=1S/C50H35NOS/c1-3-12-32(13-4-1)36-25-27-42-46(30-36)52-49-39(33-14-5-2-6-15-33)28-29-44(48(42)49)51(45-20-11-19-41-40-18-9-10-21-47(40)53-50(41)45)37-26-24-35-23-22-34-16-7-8-17-38(34)43(35)31-37/h1-19,21-31,34,38,45H,20H2. The Bertz CT molecular complexity index is 2830. The first-order valence-corrected chi connectivity index (χ1v) is 19.3. The van der Waals surface area contributed by atoms with Gasteiger partial charge in [-0.25, -0.2) is 0 Å². The van der Waals surface area contributed by atoms with Gasteiger partial charge in [0.25, 0.3) is 0 Å². The highest BCUT2D eigenvalue weighted by molar-refractivity contribution is 7.19. The number of fused-ring (bicyclic) bond motifs is 9. The second-order valence-electron chi connectivity index (χ2n) is 14.3. The average Bonchev–Trinajstić information content (AvgIpc) is 3.81. The maximum atomic E-state index is 7.03. The largest absolute Gasteiger partial charge is 0.455 e. The first kappa shape index (κ1) is 30.5. The Morgan fingerprint density at radius 3 is 2.34 bits per heavy atom. The number of allylic oxidation sites excluding steroid dienone is 5. The molecule has 3 atom stereocenters. The van der Waals surface area contributed by atoms with E-state index in [1.54, 1.807) is 0 Å². The van der Waals surface area contributed by atoms with Crippen LogP contribution in [0.25, 0.3) is 66.4 Å². The van der Waals surface area contributed by atoms with Gasteiger partial charge >= 0.3 is 0 Å². The molecule has 2 aromatic heterocycles. The first-order chi connectivity index (χ1) is 26.3. The van der Waals surface area contributed by atoms with Gasteiger partial charge in [-0.1, -0.05) is 140 Å². The molecule has 0 saturated carbocycles. The van der Waals surface area contributed by atoms with Gasteiger partial charge in [0.2, 0.25) is 0 Å². The summed E-state index contributed by atoms with van der Waals surface area (Å²) in [6.45, 7) is 0. The lowest BCUT2D eigenvalue weighted by atomic mass is 9.77. The molecule has 3 heteroatoms. The summed E-state index contributed by atoms with van der Waals surface area (Å²) in [4.78, 5) is 4.04. The van der Waals surface area contributed by atoms with Gasteiger partial charge in [0.15, 0.2) is 0 Å².